The quantitative estimate of drug-likeness (QED) is 0.527. The summed E-state index contributed by atoms with van der Waals surface area (Å²) < 4.78 is 5.08. The first kappa shape index (κ1) is 14.2. The molecular formula is C17H13N2O2+. The molecule has 2 rings (SSSR count). The number of hydrogen-bond donors (Lipinski definition) is 1. The lowest BCUT2D eigenvalue weighted by atomic mass is 10.2. The van der Waals surface area contributed by atoms with Gasteiger partial charge in [0.05, 0.1) is 5.56 Å². The van der Waals surface area contributed by atoms with Crippen LogP contribution in [0.5, 0.6) is 0 Å². The van der Waals surface area contributed by atoms with Crippen molar-refractivity contribution in [3.63, 3.8) is 0 Å². The van der Waals surface area contributed by atoms with Crippen molar-refractivity contribution in [2.45, 2.75) is 0 Å². The Morgan fingerprint density at radius 1 is 1.05 bits per heavy atom. The fourth-order valence-electron chi connectivity index (χ4n) is 1.65. The SMILES string of the molecule is N#[N+]/C(=C(/O)OCC#Cc1ccccc1)c1ccccc1. The van der Waals surface area contributed by atoms with Crippen molar-refractivity contribution < 1.29 is 9.84 Å². The summed E-state index contributed by atoms with van der Waals surface area (Å²) in [5, 5.41) is 18.8. The third-order valence-electron chi connectivity index (χ3n) is 2.64. The second-order valence-corrected chi connectivity index (χ2v) is 4.08. The number of aliphatic hydroxyl groups is 1. The minimum Gasteiger partial charge on any atom is -0.475 e. The van der Waals surface area contributed by atoms with Crippen molar-refractivity contribution in [1.29, 1.82) is 5.39 Å². The summed E-state index contributed by atoms with van der Waals surface area (Å²) >= 11 is 0. The predicted octanol–water partition coefficient (Wildman–Crippen LogP) is 3.79. The number of hydrogen-bond acceptors (Lipinski definition) is 3. The summed E-state index contributed by atoms with van der Waals surface area (Å²) in [6.45, 7) is -0.00736. The first-order valence-electron chi connectivity index (χ1n) is 6.31. The van der Waals surface area contributed by atoms with Gasteiger partial charge < -0.3 is 9.84 Å². The summed E-state index contributed by atoms with van der Waals surface area (Å²) in [6.07, 6.45) is 0. The zero-order chi connectivity index (χ0) is 14.9. The van der Waals surface area contributed by atoms with Crippen LogP contribution in [0, 0.1) is 17.2 Å². The highest BCUT2D eigenvalue weighted by atomic mass is 16.6. The van der Waals surface area contributed by atoms with Crippen LogP contribution in [-0.4, -0.2) is 11.7 Å². The lowest BCUT2D eigenvalue weighted by molar-refractivity contribution is 0.118. The molecule has 0 amide bonds. The van der Waals surface area contributed by atoms with E-state index in [0.717, 1.165) is 5.56 Å². The molecule has 102 valence electrons. The Hall–Kier alpha value is -3.24. The van der Waals surface area contributed by atoms with E-state index >= 15 is 0 Å². The topological polar surface area (TPSA) is 57.6 Å². The number of benzene rings is 2. The lowest BCUT2D eigenvalue weighted by Gasteiger charge is -1.97. The summed E-state index contributed by atoms with van der Waals surface area (Å²) in [6, 6.07) is 18.2. The molecule has 0 atom stereocenters. The van der Waals surface area contributed by atoms with Gasteiger partial charge in [0.25, 0.3) is 0 Å². The molecule has 0 aliphatic rings. The second kappa shape index (κ2) is 7.37. The van der Waals surface area contributed by atoms with Gasteiger partial charge in [0.15, 0.2) is 11.6 Å². The Morgan fingerprint density at radius 2 is 1.67 bits per heavy atom. The molecule has 1 N–H and O–H groups in total. The van der Waals surface area contributed by atoms with Gasteiger partial charge in [-0.15, -0.1) is 0 Å². The smallest absolute Gasteiger partial charge is 0.471 e. The highest BCUT2D eigenvalue weighted by Crippen LogP contribution is 2.19. The largest absolute Gasteiger partial charge is 0.475 e. The standard InChI is InChI=1S/C17H12N2O2/c18-19-16(15-11-5-2-6-12-15)17(20)21-13-7-10-14-8-3-1-4-9-14/h1-6,8-9,11-12H,13H2/p+1/b17-16-. The van der Waals surface area contributed by atoms with E-state index in [2.05, 4.69) is 16.8 Å². The van der Waals surface area contributed by atoms with Crippen LogP contribution in [0.2, 0.25) is 0 Å². The van der Waals surface area contributed by atoms with Gasteiger partial charge in [0.1, 0.15) is 0 Å². The van der Waals surface area contributed by atoms with Crippen molar-refractivity contribution in [3.05, 3.63) is 82.7 Å². The third kappa shape index (κ3) is 4.12. The van der Waals surface area contributed by atoms with E-state index < -0.39 is 5.95 Å². The molecule has 21 heavy (non-hydrogen) atoms. The minimum absolute atomic E-state index is 0.00736. The summed E-state index contributed by atoms with van der Waals surface area (Å²) in [4.78, 5) is 3.05. The van der Waals surface area contributed by atoms with E-state index in [9.17, 15) is 5.11 Å². The maximum Gasteiger partial charge on any atom is 0.471 e. The number of ether oxygens (including phenoxy) is 1. The van der Waals surface area contributed by atoms with Crippen LogP contribution in [0.4, 0.5) is 0 Å². The van der Waals surface area contributed by atoms with Crippen LogP contribution in [0.3, 0.4) is 0 Å². The Morgan fingerprint density at radius 3 is 2.29 bits per heavy atom. The van der Waals surface area contributed by atoms with Gasteiger partial charge in [-0.3, -0.25) is 0 Å². The fraction of sp³-hybridized carbons (Fsp3) is 0.0588. The summed E-state index contributed by atoms with van der Waals surface area (Å²) in [5.41, 5.74) is 1.38. The number of nitrogens with zero attached hydrogens (tertiary/aromatic N) is 2. The Balaban J connectivity index is 2.04. The molecule has 0 heterocycles. The van der Waals surface area contributed by atoms with Crippen molar-refractivity contribution in [3.8, 4) is 11.8 Å². The van der Waals surface area contributed by atoms with Gasteiger partial charge in [-0.2, -0.15) is 0 Å². The van der Waals surface area contributed by atoms with Crippen LogP contribution in [0.1, 0.15) is 11.1 Å². The Labute approximate surface area is 122 Å². The number of diazo groups is 1. The van der Waals surface area contributed by atoms with E-state index in [1.54, 1.807) is 24.3 Å². The van der Waals surface area contributed by atoms with Gasteiger partial charge in [-0.1, -0.05) is 48.2 Å². The Kier molecular flexibility index (Phi) is 4.98. The maximum atomic E-state index is 9.80. The lowest BCUT2D eigenvalue weighted by Crippen LogP contribution is -1.95. The maximum absolute atomic E-state index is 9.80. The van der Waals surface area contributed by atoms with Gasteiger partial charge in [-0.05, 0) is 24.3 Å². The average molecular weight is 277 g/mol. The highest BCUT2D eigenvalue weighted by molar-refractivity contribution is 5.70. The molecule has 0 fully saturated rings. The molecule has 0 aliphatic heterocycles. The molecular weight excluding hydrogens is 264 g/mol. The summed E-state index contributed by atoms with van der Waals surface area (Å²) in [5.74, 6) is 5.20. The molecule has 0 saturated carbocycles. The molecule has 0 radical (unpaired) electrons. The van der Waals surface area contributed by atoms with E-state index in [4.69, 9.17) is 10.1 Å². The monoisotopic (exact) mass is 277 g/mol. The highest BCUT2D eigenvalue weighted by Gasteiger charge is 2.22. The van der Waals surface area contributed by atoms with Crippen LogP contribution in [0.25, 0.3) is 10.7 Å². The first-order valence-corrected chi connectivity index (χ1v) is 6.31. The molecule has 2 aromatic carbocycles. The average Bonchev–Trinajstić information content (AvgIpc) is 2.54. The third-order valence-corrected chi connectivity index (χ3v) is 2.64. The molecule has 0 unspecified atom stereocenters. The normalized spacial score (nSPS) is 10.6. The van der Waals surface area contributed by atoms with Crippen LogP contribution >= 0.6 is 0 Å². The Bertz CT molecular complexity index is 720. The van der Waals surface area contributed by atoms with Gasteiger partial charge >= 0.3 is 11.6 Å². The minimum atomic E-state index is -0.467. The molecule has 0 bridgehead atoms. The number of rotatable bonds is 3. The van der Waals surface area contributed by atoms with Crippen molar-refractivity contribution in [2.75, 3.05) is 6.61 Å². The van der Waals surface area contributed by atoms with E-state index in [1.165, 1.54) is 0 Å². The second-order valence-electron chi connectivity index (χ2n) is 4.08. The molecule has 2 aromatic rings. The van der Waals surface area contributed by atoms with Crippen molar-refractivity contribution in [2.24, 2.45) is 0 Å². The molecule has 0 aromatic heterocycles. The van der Waals surface area contributed by atoms with E-state index in [-0.39, 0.29) is 12.3 Å². The van der Waals surface area contributed by atoms with Crippen molar-refractivity contribution in [1.82, 2.24) is 0 Å². The van der Waals surface area contributed by atoms with Crippen molar-refractivity contribution >= 4 is 5.70 Å². The molecule has 4 heteroatoms. The predicted molar refractivity (Wildman–Crippen MR) is 80.3 cm³/mol. The zero-order valence-corrected chi connectivity index (χ0v) is 11.2. The van der Waals surface area contributed by atoms with Gasteiger partial charge in [0.2, 0.25) is 5.39 Å². The first-order chi connectivity index (χ1) is 10.3. The van der Waals surface area contributed by atoms with Crippen LogP contribution in [0.15, 0.2) is 66.6 Å². The molecule has 0 saturated heterocycles. The molecule has 0 spiro atoms. The van der Waals surface area contributed by atoms with E-state index in [0.29, 0.717) is 5.56 Å². The summed E-state index contributed by atoms with van der Waals surface area (Å²) in [7, 11) is 0. The molecule has 0 aliphatic carbocycles. The number of aliphatic hydroxyl groups excluding tert-OH is 1. The van der Waals surface area contributed by atoms with Crippen LogP contribution in [-0.2, 0) is 4.74 Å². The fourth-order valence-corrected chi connectivity index (χ4v) is 1.65. The van der Waals surface area contributed by atoms with E-state index in [1.807, 2.05) is 36.4 Å². The van der Waals surface area contributed by atoms with Gasteiger partial charge in [-0.25, -0.2) is 0 Å². The zero-order valence-electron chi connectivity index (χ0n) is 11.2. The van der Waals surface area contributed by atoms with Crippen LogP contribution < -0.4 is 0 Å². The molecule has 4 nitrogen and oxygen atoms in total. The van der Waals surface area contributed by atoms with Gasteiger partial charge in [0, 0.05) is 5.56 Å².